The molecule has 6 heteroatoms. The molecule has 0 fully saturated rings. The molecule has 0 saturated carbocycles. The van der Waals surface area contributed by atoms with E-state index in [-0.39, 0.29) is 0 Å². The Hall–Kier alpha value is -1.76. The van der Waals surface area contributed by atoms with Crippen LogP contribution in [0.25, 0.3) is 11.0 Å². The zero-order valence-corrected chi connectivity index (χ0v) is 13.7. The first-order chi connectivity index (χ1) is 10.7. The first-order valence-corrected chi connectivity index (χ1v) is 8.24. The Morgan fingerprint density at radius 1 is 1.00 bits per heavy atom. The molecule has 0 atom stereocenters. The van der Waals surface area contributed by atoms with Crippen LogP contribution in [0.2, 0.25) is 0 Å². The van der Waals surface area contributed by atoms with Gasteiger partial charge in [-0.05, 0) is 64.5 Å². The van der Waals surface area contributed by atoms with Gasteiger partial charge in [0.05, 0.1) is 0 Å². The van der Waals surface area contributed by atoms with Crippen molar-refractivity contribution >= 4 is 22.4 Å². The molecule has 0 aliphatic heterocycles. The zero-order valence-electron chi connectivity index (χ0n) is 12.9. The van der Waals surface area contributed by atoms with Crippen molar-refractivity contribution in [3.63, 3.8) is 0 Å². The first-order valence-electron chi connectivity index (χ1n) is 7.30. The van der Waals surface area contributed by atoms with Crippen molar-refractivity contribution < 1.29 is 4.63 Å². The fourth-order valence-electron chi connectivity index (χ4n) is 2.38. The van der Waals surface area contributed by atoms with E-state index in [9.17, 15) is 0 Å². The van der Waals surface area contributed by atoms with Crippen LogP contribution in [0.4, 0.5) is 0 Å². The predicted molar refractivity (Wildman–Crippen MR) is 88.8 cm³/mol. The molecule has 2 heterocycles. The third kappa shape index (κ3) is 3.91. The molecule has 0 N–H and O–H groups in total. The second kappa shape index (κ2) is 7.00. The van der Waals surface area contributed by atoms with E-state index in [0.29, 0.717) is 0 Å². The Bertz CT molecular complexity index is 708. The Kier molecular flexibility index (Phi) is 4.82. The number of nitrogens with zero attached hydrogens (tertiary/aromatic N) is 4. The topological polar surface area (TPSA) is 45.4 Å². The van der Waals surface area contributed by atoms with Gasteiger partial charge in [-0.2, -0.15) is 11.3 Å². The van der Waals surface area contributed by atoms with Crippen LogP contribution in [0, 0.1) is 0 Å². The van der Waals surface area contributed by atoms with Crippen molar-refractivity contribution in [3.8, 4) is 0 Å². The lowest BCUT2D eigenvalue weighted by molar-refractivity contribution is 0.226. The van der Waals surface area contributed by atoms with E-state index in [0.717, 1.165) is 37.2 Å². The molecule has 0 radical (unpaired) electrons. The monoisotopic (exact) mass is 316 g/mol. The highest BCUT2D eigenvalue weighted by molar-refractivity contribution is 7.07. The van der Waals surface area contributed by atoms with Crippen LogP contribution >= 0.6 is 11.3 Å². The van der Waals surface area contributed by atoms with E-state index in [2.05, 4.69) is 63.2 Å². The molecule has 0 unspecified atom stereocenters. The molecule has 0 spiro atoms. The minimum atomic E-state index is 0.807. The highest BCUT2D eigenvalue weighted by Gasteiger charge is 2.10. The molecule has 22 heavy (non-hydrogen) atoms. The molecular formula is C16H20N4OS. The summed E-state index contributed by atoms with van der Waals surface area (Å²) in [5.41, 5.74) is 4.23. The zero-order chi connectivity index (χ0) is 15.4. The minimum absolute atomic E-state index is 0.807. The lowest BCUT2D eigenvalue weighted by atomic mass is 10.1. The summed E-state index contributed by atoms with van der Waals surface area (Å²) < 4.78 is 4.77. The molecule has 0 saturated heterocycles. The van der Waals surface area contributed by atoms with Gasteiger partial charge in [-0.3, -0.25) is 4.90 Å². The summed E-state index contributed by atoms with van der Waals surface area (Å²) in [6, 6.07) is 8.32. The van der Waals surface area contributed by atoms with Gasteiger partial charge in [0.1, 0.15) is 11.0 Å². The predicted octanol–water partition coefficient (Wildman–Crippen LogP) is 2.85. The lowest BCUT2D eigenvalue weighted by Crippen LogP contribution is -2.31. The van der Waals surface area contributed by atoms with Crippen LogP contribution in [0.15, 0.2) is 39.7 Å². The highest BCUT2D eigenvalue weighted by atomic mass is 32.1. The Balaban J connectivity index is 1.72. The molecule has 3 aromatic rings. The van der Waals surface area contributed by atoms with Gasteiger partial charge in [0.2, 0.25) is 0 Å². The second-order valence-corrected chi connectivity index (χ2v) is 6.51. The molecule has 3 rings (SSSR count). The Morgan fingerprint density at radius 3 is 2.59 bits per heavy atom. The van der Waals surface area contributed by atoms with Crippen LogP contribution in [0.1, 0.15) is 11.1 Å². The van der Waals surface area contributed by atoms with Gasteiger partial charge in [0.15, 0.2) is 0 Å². The van der Waals surface area contributed by atoms with Crippen molar-refractivity contribution in [2.24, 2.45) is 0 Å². The smallest absolute Gasteiger partial charge is 0.135 e. The van der Waals surface area contributed by atoms with Gasteiger partial charge in [-0.1, -0.05) is 6.07 Å². The quantitative estimate of drug-likeness (QED) is 0.671. The van der Waals surface area contributed by atoms with Crippen LogP contribution in [-0.2, 0) is 13.1 Å². The third-order valence-electron chi connectivity index (χ3n) is 3.57. The first kappa shape index (κ1) is 15.1. The van der Waals surface area contributed by atoms with E-state index < -0.39 is 0 Å². The molecule has 0 bridgehead atoms. The van der Waals surface area contributed by atoms with Crippen LogP contribution in [0.3, 0.4) is 0 Å². The molecule has 0 aliphatic carbocycles. The summed E-state index contributed by atoms with van der Waals surface area (Å²) in [5, 5.41) is 12.1. The fraction of sp³-hybridized carbons (Fsp3) is 0.375. The van der Waals surface area contributed by atoms with Gasteiger partial charge in [-0.15, -0.1) is 0 Å². The van der Waals surface area contributed by atoms with E-state index in [1.807, 2.05) is 6.07 Å². The summed E-state index contributed by atoms with van der Waals surface area (Å²) in [6.07, 6.45) is 0. The summed E-state index contributed by atoms with van der Waals surface area (Å²) in [6.45, 7) is 3.93. The van der Waals surface area contributed by atoms with Crippen molar-refractivity contribution in [2.75, 3.05) is 27.2 Å². The van der Waals surface area contributed by atoms with Gasteiger partial charge in [-0.25, -0.2) is 4.63 Å². The van der Waals surface area contributed by atoms with E-state index >= 15 is 0 Å². The molecular weight excluding hydrogens is 296 g/mol. The number of aromatic nitrogens is 2. The maximum atomic E-state index is 4.77. The van der Waals surface area contributed by atoms with E-state index in [4.69, 9.17) is 4.63 Å². The molecule has 2 aromatic heterocycles. The summed E-state index contributed by atoms with van der Waals surface area (Å²) in [4.78, 5) is 4.67. The standard InChI is InChI=1S/C16H20N4OS/c1-19(2)6-7-20(11-14-5-8-22-12-14)10-13-3-4-15-16(9-13)18-21-17-15/h3-5,8-9,12H,6-7,10-11H2,1-2H3. The van der Waals surface area contributed by atoms with Gasteiger partial charge in [0.25, 0.3) is 0 Å². The lowest BCUT2D eigenvalue weighted by Gasteiger charge is -2.23. The summed E-state index contributed by atoms with van der Waals surface area (Å²) >= 11 is 1.75. The van der Waals surface area contributed by atoms with Crippen LogP contribution in [-0.4, -0.2) is 47.3 Å². The summed E-state index contributed by atoms with van der Waals surface area (Å²) in [7, 11) is 4.21. The number of thiophene rings is 1. The number of hydrogen-bond acceptors (Lipinski definition) is 6. The molecule has 5 nitrogen and oxygen atoms in total. The van der Waals surface area contributed by atoms with Crippen molar-refractivity contribution in [1.29, 1.82) is 0 Å². The van der Waals surface area contributed by atoms with Gasteiger partial charge in [0, 0.05) is 26.2 Å². The summed E-state index contributed by atoms with van der Waals surface area (Å²) in [5.74, 6) is 0. The number of benzene rings is 1. The SMILES string of the molecule is CN(C)CCN(Cc1ccsc1)Cc1ccc2nonc2c1. The normalized spacial score (nSPS) is 11.8. The van der Waals surface area contributed by atoms with Gasteiger partial charge >= 0.3 is 0 Å². The maximum absolute atomic E-state index is 4.77. The average molecular weight is 316 g/mol. The maximum Gasteiger partial charge on any atom is 0.135 e. The van der Waals surface area contributed by atoms with Crippen molar-refractivity contribution in [2.45, 2.75) is 13.1 Å². The van der Waals surface area contributed by atoms with Crippen molar-refractivity contribution in [1.82, 2.24) is 20.1 Å². The van der Waals surface area contributed by atoms with E-state index in [1.165, 1.54) is 11.1 Å². The fourth-order valence-corrected chi connectivity index (χ4v) is 3.04. The molecule has 0 amide bonds. The van der Waals surface area contributed by atoms with E-state index in [1.54, 1.807) is 11.3 Å². The van der Waals surface area contributed by atoms with Crippen LogP contribution in [0.5, 0.6) is 0 Å². The third-order valence-corrected chi connectivity index (χ3v) is 4.31. The Morgan fingerprint density at radius 2 is 1.82 bits per heavy atom. The molecule has 116 valence electrons. The number of rotatable bonds is 7. The van der Waals surface area contributed by atoms with Crippen LogP contribution < -0.4 is 0 Å². The minimum Gasteiger partial charge on any atom is -0.308 e. The number of fused-ring (bicyclic) bond motifs is 1. The molecule has 0 aliphatic rings. The Labute approximate surface area is 134 Å². The molecule has 1 aromatic carbocycles. The number of likely N-dealkylation sites (N-methyl/N-ethyl adjacent to an activating group) is 1. The van der Waals surface area contributed by atoms with Crippen molar-refractivity contribution in [3.05, 3.63) is 46.2 Å². The van der Waals surface area contributed by atoms with Gasteiger partial charge < -0.3 is 4.90 Å². The second-order valence-electron chi connectivity index (χ2n) is 5.73. The number of hydrogen-bond donors (Lipinski definition) is 0. The highest BCUT2D eigenvalue weighted by Crippen LogP contribution is 2.16. The largest absolute Gasteiger partial charge is 0.308 e. The average Bonchev–Trinajstić information content (AvgIpc) is 3.15.